The lowest BCUT2D eigenvalue weighted by Gasteiger charge is -2.07. The van der Waals surface area contributed by atoms with Gasteiger partial charge in [-0.25, -0.2) is 10.4 Å². The lowest BCUT2D eigenvalue weighted by atomic mass is 10.1. The zero-order chi connectivity index (χ0) is 19.2. The number of phenolic OH excluding ortho intramolecular Hbond substituents is 1. The Morgan fingerprint density at radius 2 is 1.93 bits per heavy atom. The highest BCUT2D eigenvalue weighted by Gasteiger charge is 2.12. The molecule has 0 atom stereocenters. The molecule has 0 radical (unpaired) electrons. The number of aromatic nitrogens is 2. The molecular weight excluding hydrogens is 360 g/mol. The third-order valence-corrected chi connectivity index (χ3v) is 5.10. The number of carbonyl (C=O) groups excluding carboxylic acids is 1. The third-order valence-electron chi connectivity index (χ3n) is 4.12. The first-order chi connectivity index (χ1) is 13.1. The quantitative estimate of drug-likeness (QED) is 0.370. The first-order valence-electron chi connectivity index (χ1n) is 8.85. The fraction of sp³-hybridized carbons (Fsp3) is 0.250. The Bertz CT molecular complexity index is 964. The molecule has 3 rings (SSSR count). The second kappa shape index (κ2) is 8.73. The van der Waals surface area contributed by atoms with Gasteiger partial charge in [0, 0.05) is 6.54 Å². The topological polar surface area (TPSA) is 79.5 Å². The summed E-state index contributed by atoms with van der Waals surface area (Å²) >= 11 is 1.40. The first-order valence-corrected chi connectivity index (χ1v) is 9.83. The maximum atomic E-state index is 12.2. The van der Waals surface area contributed by atoms with E-state index in [2.05, 4.69) is 27.0 Å². The molecule has 0 bridgehead atoms. The van der Waals surface area contributed by atoms with Crippen molar-refractivity contribution in [1.29, 1.82) is 0 Å². The normalized spacial score (nSPS) is 11.7. The summed E-state index contributed by atoms with van der Waals surface area (Å²) in [6, 6.07) is 14.7. The van der Waals surface area contributed by atoms with Crippen molar-refractivity contribution in [2.45, 2.75) is 32.0 Å². The molecule has 3 aromatic rings. The van der Waals surface area contributed by atoms with E-state index in [4.69, 9.17) is 0 Å². The molecule has 2 aromatic carbocycles. The number of nitrogens with one attached hydrogen (secondary N) is 1. The van der Waals surface area contributed by atoms with E-state index in [-0.39, 0.29) is 17.4 Å². The Morgan fingerprint density at radius 3 is 2.63 bits per heavy atom. The molecule has 1 heterocycles. The van der Waals surface area contributed by atoms with Crippen molar-refractivity contribution in [2.75, 3.05) is 5.75 Å². The Morgan fingerprint density at radius 1 is 1.19 bits per heavy atom. The average molecular weight is 382 g/mol. The summed E-state index contributed by atoms with van der Waals surface area (Å²) < 4.78 is 2.10. The SMILES string of the molecule is CC/C(=N/NC(=O)CSc1nc2ccccc2n1CC)c1ccc(O)cc1. The van der Waals surface area contributed by atoms with Crippen LogP contribution in [0.25, 0.3) is 11.0 Å². The molecule has 0 fully saturated rings. The van der Waals surface area contributed by atoms with Gasteiger partial charge in [-0.1, -0.05) is 30.8 Å². The molecule has 140 valence electrons. The van der Waals surface area contributed by atoms with E-state index in [1.54, 1.807) is 24.3 Å². The van der Waals surface area contributed by atoms with Crippen LogP contribution in [0, 0.1) is 0 Å². The number of hydrogen-bond donors (Lipinski definition) is 2. The van der Waals surface area contributed by atoms with Crippen molar-refractivity contribution in [3.63, 3.8) is 0 Å². The summed E-state index contributed by atoms with van der Waals surface area (Å²) in [5.41, 5.74) is 6.25. The number of aryl methyl sites for hydroxylation is 1. The van der Waals surface area contributed by atoms with E-state index in [9.17, 15) is 9.90 Å². The van der Waals surface area contributed by atoms with Crippen LogP contribution in [-0.4, -0.2) is 32.0 Å². The minimum absolute atomic E-state index is 0.181. The molecule has 0 saturated heterocycles. The van der Waals surface area contributed by atoms with Crippen LogP contribution >= 0.6 is 11.8 Å². The zero-order valence-corrected chi connectivity index (χ0v) is 16.2. The van der Waals surface area contributed by atoms with E-state index in [0.29, 0.717) is 6.42 Å². The van der Waals surface area contributed by atoms with Gasteiger partial charge in [-0.2, -0.15) is 5.10 Å². The minimum Gasteiger partial charge on any atom is -0.508 e. The highest BCUT2D eigenvalue weighted by Crippen LogP contribution is 2.23. The number of amides is 1. The first kappa shape index (κ1) is 19.0. The number of aromatic hydroxyl groups is 1. The zero-order valence-electron chi connectivity index (χ0n) is 15.3. The Kier molecular flexibility index (Phi) is 6.13. The van der Waals surface area contributed by atoms with E-state index in [1.165, 1.54) is 11.8 Å². The summed E-state index contributed by atoms with van der Waals surface area (Å²) in [7, 11) is 0. The summed E-state index contributed by atoms with van der Waals surface area (Å²) in [6.45, 7) is 4.83. The molecule has 0 unspecified atom stereocenters. The number of para-hydroxylation sites is 2. The summed E-state index contributed by atoms with van der Waals surface area (Å²) in [5.74, 6) is 0.257. The van der Waals surface area contributed by atoms with E-state index in [0.717, 1.165) is 34.0 Å². The Hall–Kier alpha value is -2.80. The minimum atomic E-state index is -0.181. The van der Waals surface area contributed by atoms with Crippen LogP contribution in [0.5, 0.6) is 5.75 Å². The predicted octanol–water partition coefficient (Wildman–Crippen LogP) is 3.78. The molecular formula is C20H22N4O2S. The average Bonchev–Trinajstić information content (AvgIpc) is 3.05. The van der Waals surface area contributed by atoms with Crippen LogP contribution < -0.4 is 5.43 Å². The van der Waals surface area contributed by atoms with Crippen LogP contribution in [-0.2, 0) is 11.3 Å². The number of hydrazone groups is 1. The van der Waals surface area contributed by atoms with Gasteiger partial charge in [0.15, 0.2) is 5.16 Å². The van der Waals surface area contributed by atoms with Crippen molar-refractivity contribution in [3.05, 3.63) is 54.1 Å². The predicted molar refractivity (Wildman–Crippen MR) is 109 cm³/mol. The van der Waals surface area contributed by atoms with Crippen LogP contribution in [0.15, 0.2) is 58.8 Å². The molecule has 7 heteroatoms. The highest BCUT2D eigenvalue weighted by molar-refractivity contribution is 7.99. The second-order valence-electron chi connectivity index (χ2n) is 5.91. The molecule has 1 amide bonds. The molecule has 0 aliphatic rings. The lowest BCUT2D eigenvalue weighted by Crippen LogP contribution is -2.22. The second-order valence-corrected chi connectivity index (χ2v) is 6.85. The molecule has 6 nitrogen and oxygen atoms in total. The van der Waals surface area contributed by atoms with Crippen molar-refractivity contribution >= 4 is 34.4 Å². The summed E-state index contributed by atoms with van der Waals surface area (Å²) in [6.07, 6.45) is 0.670. The Labute approximate surface area is 162 Å². The number of nitrogens with zero attached hydrogens (tertiary/aromatic N) is 3. The maximum Gasteiger partial charge on any atom is 0.250 e. The van der Waals surface area contributed by atoms with Gasteiger partial charge >= 0.3 is 0 Å². The third kappa shape index (κ3) is 4.49. The molecule has 0 aliphatic carbocycles. The fourth-order valence-electron chi connectivity index (χ4n) is 2.76. The van der Waals surface area contributed by atoms with Gasteiger partial charge in [0.1, 0.15) is 5.75 Å². The Balaban J connectivity index is 1.65. The number of thioether (sulfide) groups is 1. The number of imidazole rings is 1. The fourth-order valence-corrected chi connectivity index (χ4v) is 3.63. The standard InChI is InChI=1S/C20H22N4O2S/c1-3-16(14-9-11-15(25)12-10-14)22-23-19(26)13-27-20-21-17-7-5-6-8-18(17)24(20)4-2/h5-12,25H,3-4,13H2,1-2H3,(H,23,26)/b22-16-. The van der Waals surface area contributed by atoms with Crippen LogP contribution in [0.4, 0.5) is 0 Å². The van der Waals surface area contributed by atoms with E-state index >= 15 is 0 Å². The van der Waals surface area contributed by atoms with E-state index in [1.807, 2.05) is 31.2 Å². The van der Waals surface area contributed by atoms with Crippen molar-refractivity contribution < 1.29 is 9.90 Å². The molecule has 0 aliphatic heterocycles. The molecule has 27 heavy (non-hydrogen) atoms. The van der Waals surface area contributed by atoms with Gasteiger partial charge in [0.05, 0.1) is 22.5 Å². The van der Waals surface area contributed by atoms with Crippen molar-refractivity contribution in [1.82, 2.24) is 15.0 Å². The highest BCUT2D eigenvalue weighted by atomic mass is 32.2. The number of hydrogen-bond acceptors (Lipinski definition) is 5. The summed E-state index contributed by atoms with van der Waals surface area (Å²) in [4.78, 5) is 16.8. The van der Waals surface area contributed by atoms with Crippen molar-refractivity contribution in [3.8, 4) is 5.75 Å². The van der Waals surface area contributed by atoms with Crippen LogP contribution in [0.2, 0.25) is 0 Å². The van der Waals surface area contributed by atoms with Gasteiger partial charge in [-0.3, -0.25) is 4.79 Å². The van der Waals surface area contributed by atoms with Crippen LogP contribution in [0.3, 0.4) is 0 Å². The summed E-state index contributed by atoms with van der Waals surface area (Å²) in [5, 5.41) is 14.4. The number of rotatable bonds is 7. The molecule has 0 saturated carbocycles. The van der Waals surface area contributed by atoms with Gasteiger partial charge in [0.25, 0.3) is 5.91 Å². The monoisotopic (exact) mass is 382 g/mol. The number of fused-ring (bicyclic) bond motifs is 1. The van der Waals surface area contributed by atoms with E-state index < -0.39 is 0 Å². The van der Waals surface area contributed by atoms with Gasteiger partial charge in [-0.15, -0.1) is 0 Å². The number of carbonyl (C=O) groups is 1. The molecule has 0 spiro atoms. The number of benzene rings is 2. The van der Waals surface area contributed by atoms with Gasteiger partial charge < -0.3 is 9.67 Å². The van der Waals surface area contributed by atoms with Crippen LogP contribution in [0.1, 0.15) is 25.8 Å². The maximum absolute atomic E-state index is 12.2. The molecule has 2 N–H and O–H groups in total. The number of phenols is 1. The molecule has 1 aromatic heterocycles. The van der Waals surface area contributed by atoms with Crippen molar-refractivity contribution in [2.24, 2.45) is 5.10 Å². The lowest BCUT2D eigenvalue weighted by molar-refractivity contribution is -0.118. The van der Waals surface area contributed by atoms with Gasteiger partial charge in [-0.05, 0) is 55.3 Å². The largest absolute Gasteiger partial charge is 0.508 e. The van der Waals surface area contributed by atoms with Gasteiger partial charge in [0.2, 0.25) is 0 Å². The smallest absolute Gasteiger partial charge is 0.250 e.